The number of carbonyl (C=O) groups is 2. The topological polar surface area (TPSA) is 115 Å². The zero-order valence-electron chi connectivity index (χ0n) is 18.2. The van der Waals surface area contributed by atoms with E-state index in [1.807, 2.05) is 19.9 Å². The van der Waals surface area contributed by atoms with E-state index in [-0.39, 0.29) is 30.3 Å². The van der Waals surface area contributed by atoms with E-state index < -0.39 is 0 Å². The lowest BCUT2D eigenvalue weighted by Crippen LogP contribution is -2.35. The van der Waals surface area contributed by atoms with Crippen molar-refractivity contribution >= 4 is 29.8 Å². The van der Waals surface area contributed by atoms with Gasteiger partial charge >= 0.3 is 0 Å². The zero-order chi connectivity index (χ0) is 22.8. The number of benzene rings is 1. The highest BCUT2D eigenvalue weighted by atomic mass is 32.2. The summed E-state index contributed by atoms with van der Waals surface area (Å²) in [6.07, 6.45) is 3.66. The van der Waals surface area contributed by atoms with Crippen molar-refractivity contribution in [2.24, 2.45) is 5.10 Å². The van der Waals surface area contributed by atoms with Gasteiger partial charge in [-0.3, -0.25) is 9.59 Å². The summed E-state index contributed by atoms with van der Waals surface area (Å²) in [4.78, 5) is 32.4. The molecule has 0 unspecified atom stereocenters. The van der Waals surface area contributed by atoms with Crippen LogP contribution in [0.5, 0.6) is 5.75 Å². The lowest BCUT2D eigenvalue weighted by atomic mass is 10.2. The smallest absolute Gasteiger partial charge is 0.258 e. The van der Waals surface area contributed by atoms with Crippen LogP contribution in [0.25, 0.3) is 0 Å². The van der Waals surface area contributed by atoms with Crippen LogP contribution in [0, 0.1) is 13.8 Å². The predicted molar refractivity (Wildman–Crippen MR) is 122 cm³/mol. The molecule has 1 aromatic heterocycles. The predicted octanol–water partition coefficient (Wildman–Crippen LogP) is 2.01. The molecule has 32 heavy (non-hydrogen) atoms. The van der Waals surface area contributed by atoms with Gasteiger partial charge in [-0.1, -0.05) is 11.8 Å². The van der Waals surface area contributed by atoms with E-state index in [2.05, 4.69) is 25.8 Å². The average molecular weight is 458 g/mol. The van der Waals surface area contributed by atoms with Crippen LogP contribution < -0.4 is 15.5 Å². The van der Waals surface area contributed by atoms with Crippen LogP contribution in [0.15, 0.2) is 40.6 Å². The van der Waals surface area contributed by atoms with E-state index >= 15 is 0 Å². The minimum atomic E-state index is -0.247. The average Bonchev–Trinajstić information content (AvgIpc) is 3.29. The van der Waals surface area contributed by atoms with Crippen LogP contribution in [-0.4, -0.2) is 59.6 Å². The fourth-order valence-electron chi connectivity index (χ4n) is 2.98. The number of hydrogen-bond donors (Lipinski definition) is 2. The Morgan fingerprint density at radius 1 is 1.22 bits per heavy atom. The molecule has 0 spiro atoms. The maximum atomic E-state index is 11.9. The van der Waals surface area contributed by atoms with Crippen molar-refractivity contribution in [1.29, 1.82) is 0 Å². The van der Waals surface area contributed by atoms with E-state index in [1.165, 1.54) is 18.0 Å². The Labute approximate surface area is 191 Å². The molecular weight excluding hydrogens is 430 g/mol. The molecule has 0 aliphatic carbocycles. The minimum Gasteiger partial charge on any atom is -0.484 e. The summed E-state index contributed by atoms with van der Waals surface area (Å²) < 4.78 is 11.0. The lowest BCUT2D eigenvalue weighted by molar-refractivity contribution is -0.123. The molecule has 0 bridgehead atoms. The van der Waals surface area contributed by atoms with Crippen molar-refractivity contribution in [3.63, 3.8) is 0 Å². The van der Waals surface area contributed by atoms with E-state index in [1.54, 1.807) is 24.3 Å². The second-order valence-corrected chi connectivity index (χ2v) is 8.25. The summed E-state index contributed by atoms with van der Waals surface area (Å²) in [7, 11) is 0. The molecule has 0 radical (unpaired) electrons. The Kier molecular flexibility index (Phi) is 9.00. The number of hydrazone groups is 1. The molecule has 3 rings (SSSR count). The van der Waals surface area contributed by atoms with Gasteiger partial charge in [0.2, 0.25) is 0 Å². The number of aromatic nitrogens is 2. The van der Waals surface area contributed by atoms with Gasteiger partial charge in [-0.2, -0.15) is 5.10 Å². The first-order valence-electron chi connectivity index (χ1n) is 10.4. The zero-order valence-corrected chi connectivity index (χ0v) is 19.0. The monoisotopic (exact) mass is 457 g/mol. The van der Waals surface area contributed by atoms with Gasteiger partial charge < -0.3 is 14.8 Å². The maximum absolute atomic E-state index is 11.9. The third-order valence-electron chi connectivity index (χ3n) is 4.50. The number of hydrogen-bond acceptors (Lipinski definition) is 8. The van der Waals surface area contributed by atoms with Crippen molar-refractivity contribution in [3.8, 4) is 5.75 Å². The molecular formula is C22H27N5O4S. The van der Waals surface area contributed by atoms with Crippen LogP contribution in [0.3, 0.4) is 0 Å². The first-order chi connectivity index (χ1) is 15.5. The summed E-state index contributed by atoms with van der Waals surface area (Å²) >= 11 is 1.26. The third kappa shape index (κ3) is 8.27. The second kappa shape index (κ2) is 12.2. The quantitative estimate of drug-likeness (QED) is 0.243. The maximum Gasteiger partial charge on any atom is 0.258 e. The molecule has 1 aliphatic rings. The second-order valence-electron chi connectivity index (χ2n) is 7.31. The summed E-state index contributed by atoms with van der Waals surface area (Å²) in [5.41, 5.74) is 5.00. The molecule has 2 aromatic rings. The van der Waals surface area contributed by atoms with Crippen LogP contribution >= 0.6 is 11.8 Å². The van der Waals surface area contributed by atoms with Crippen LogP contribution in [0.2, 0.25) is 0 Å². The summed E-state index contributed by atoms with van der Waals surface area (Å²) in [6, 6.07) is 8.93. The van der Waals surface area contributed by atoms with Gasteiger partial charge in [0, 0.05) is 24.5 Å². The van der Waals surface area contributed by atoms with E-state index in [4.69, 9.17) is 9.47 Å². The highest BCUT2D eigenvalue weighted by Gasteiger charge is 2.16. The van der Waals surface area contributed by atoms with Crippen LogP contribution in [0.1, 0.15) is 29.8 Å². The summed E-state index contributed by atoms with van der Waals surface area (Å²) in [6.45, 7) is 5.00. The SMILES string of the molecule is Cc1cc(C)nc(SCC(=O)N/N=C\c2ccc(OCC(=O)NC[C@@H]3CCCO3)cc2)n1. The Balaban J connectivity index is 1.35. The lowest BCUT2D eigenvalue weighted by Gasteiger charge is -2.11. The fraction of sp³-hybridized carbons (Fsp3) is 0.409. The molecule has 170 valence electrons. The minimum absolute atomic E-state index is 0.0575. The van der Waals surface area contributed by atoms with Crippen molar-refractivity contribution < 1.29 is 19.1 Å². The van der Waals surface area contributed by atoms with Crippen molar-refractivity contribution in [2.75, 3.05) is 25.5 Å². The largest absolute Gasteiger partial charge is 0.484 e. The van der Waals surface area contributed by atoms with Gasteiger partial charge in [-0.25, -0.2) is 15.4 Å². The standard InChI is InChI=1S/C22H27N5O4S/c1-15-10-16(2)26-22(25-15)32-14-21(29)27-24-11-17-5-7-18(8-6-17)31-13-20(28)23-12-19-4-3-9-30-19/h5-8,10-11,19H,3-4,9,12-14H2,1-2H3,(H,23,28)(H,27,29)/b24-11-/t19-/m0/s1. The Bertz CT molecular complexity index is 926. The first-order valence-corrected chi connectivity index (χ1v) is 11.3. The Morgan fingerprint density at radius 2 is 1.97 bits per heavy atom. The highest BCUT2D eigenvalue weighted by Crippen LogP contribution is 2.14. The number of thioether (sulfide) groups is 1. The molecule has 9 nitrogen and oxygen atoms in total. The molecule has 1 aliphatic heterocycles. The molecule has 10 heteroatoms. The number of carbonyl (C=O) groups excluding carboxylic acids is 2. The third-order valence-corrected chi connectivity index (χ3v) is 5.35. The first kappa shape index (κ1) is 23.7. The van der Waals surface area contributed by atoms with Gasteiger partial charge in [0.15, 0.2) is 11.8 Å². The van der Waals surface area contributed by atoms with Crippen molar-refractivity contribution in [1.82, 2.24) is 20.7 Å². The van der Waals surface area contributed by atoms with Gasteiger partial charge in [0.25, 0.3) is 11.8 Å². The molecule has 2 amide bonds. The number of amides is 2. The highest BCUT2D eigenvalue weighted by molar-refractivity contribution is 7.99. The Hall–Kier alpha value is -2.98. The molecule has 2 N–H and O–H groups in total. The van der Waals surface area contributed by atoms with Crippen molar-refractivity contribution in [3.05, 3.63) is 47.3 Å². The van der Waals surface area contributed by atoms with Gasteiger partial charge in [-0.05, 0) is 62.6 Å². The summed E-state index contributed by atoms with van der Waals surface area (Å²) in [5.74, 6) is 0.311. The number of nitrogens with zero attached hydrogens (tertiary/aromatic N) is 3. The van der Waals surface area contributed by atoms with Crippen LogP contribution in [-0.2, 0) is 14.3 Å². The van der Waals surface area contributed by atoms with Gasteiger partial charge in [0.1, 0.15) is 5.75 Å². The molecule has 1 fully saturated rings. The van der Waals surface area contributed by atoms with Crippen molar-refractivity contribution in [2.45, 2.75) is 37.9 Å². The van der Waals surface area contributed by atoms with E-state index in [9.17, 15) is 9.59 Å². The molecule has 1 aromatic carbocycles. The Morgan fingerprint density at radius 3 is 2.66 bits per heavy atom. The molecule has 2 heterocycles. The fourth-order valence-corrected chi connectivity index (χ4v) is 3.72. The number of ether oxygens (including phenoxy) is 2. The number of nitrogens with one attached hydrogen (secondary N) is 2. The molecule has 1 atom stereocenters. The van der Waals surface area contributed by atoms with Gasteiger partial charge in [-0.15, -0.1) is 0 Å². The normalized spacial score (nSPS) is 15.6. The summed E-state index contributed by atoms with van der Waals surface area (Å²) in [5, 5.41) is 7.34. The van der Waals surface area contributed by atoms with E-state index in [0.29, 0.717) is 17.5 Å². The van der Waals surface area contributed by atoms with Gasteiger partial charge in [0.05, 0.1) is 18.1 Å². The van der Waals surface area contributed by atoms with E-state index in [0.717, 1.165) is 36.4 Å². The number of aryl methyl sites for hydroxylation is 2. The van der Waals surface area contributed by atoms with Crippen LogP contribution in [0.4, 0.5) is 0 Å². The number of rotatable bonds is 10. The molecule has 1 saturated heterocycles. The molecule has 0 saturated carbocycles.